The molecule has 1 N–H and O–H groups in total. The second-order valence-electron chi connectivity index (χ2n) is 5.69. The summed E-state index contributed by atoms with van der Waals surface area (Å²) in [6, 6.07) is 6.43. The second-order valence-corrected chi connectivity index (χ2v) is 6.10. The largest absolute Gasteiger partial charge is 0.310 e. The van der Waals surface area contributed by atoms with Crippen LogP contribution in [0.1, 0.15) is 43.3 Å². The van der Waals surface area contributed by atoms with Gasteiger partial charge in [-0.15, -0.1) is 0 Å². The zero-order chi connectivity index (χ0) is 15.6. The lowest BCUT2D eigenvalue weighted by atomic mass is 10.1. The molecule has 0 fully saturated rings. The Bertz CT molecular complexity index is 629. The van der Waals surface area contributed by atoms with Gasteiger partial charge in [-0.25, -0.2) is 4.68 Å². The minimum Gasteiger partial charge on any atom is -0.310 e. The van der Waals surface area contributed by atoms with Crippen molar-refractivity contribution in [2.24, 2.45) is 0 Å². The molecule has 0 aliphatic carbocycles. The van der Waals surface area contributed by atoms with E-state index in [1.165, 1.54) is 11.3 Å². The predicted octanol–water partition coefficient (Wildman–Crippen LogP) is 4.20. The van der Waals surface area contributed by atoms with Crippen LogP contribution in [0.25, 0.3) is 5.69 Å². The van der Waals surface area contributed by atoms with Crippen molar-refractivity contribution in [3.63, 3.8) is 0 Å². The van der Waals surface area contributed by atoms with E-state index in [0.29, 0.717) is 6.04 Å². The average molecular weight is 306 g/mol. The molecule has 1 heterocycles. The summed E-state index contributed by atoms with van der Waals surface area (Å²) in [4.78, 5) is 0. The molecular formula is C17H24ClN3. The molecule has 21 heavy (non-hydrogen) atoms. The van der Waals surface area contributed by atoms with Crippen LogP contribution in [0.3, 0.4) is 0 Å². The summed E-state index contributed by atoms with van der Waals surface area (Å²) in [7, 11) is 0. The fourth-order valence-electron chi connectivity index (χ4n) is 2.65. The number of rotatable bonds is 5. The molecule has 0 spiro atoms. The van der Waals surface area contributed by atoms with Gasteiger partial charge in [0.1, 0.15) is 0 Å². The van der Waals surface area contributed by atoms with E-state index in [1.54, 1.807) is 0 Å². The smallest absolute Gasteiger partial charge is 0.0708 e. The maximum Gasteiger partial charge on any atom is 0.0708 e. The maximum atomic E-state index is 6.41. The van der Waals surface area contributed by atoms with Crippen molar-refractivity contribution in [2.45, 2.75) is 53.6 Å². The van der Waals surface area contributed by atoms with Crippen molar-refractivity contribution in [1.82, 2.24) is 15.1 Å². The topological polar surface area (TPSA) is 29.9 Å². The fraction of sp³-hybridized carbons (Fsp3) is 0.471. The molecule has 3 nitrogen and oxygen atoms in total. The normalized spacial score (nSPS) is 11.4. The minimum atomic E-state index is 0.417. The molecule has 2 rings (SSSR count). The molecule has 0 aliphatic heterocycles. The van der Waals surface area contributed by atoms with Gasteiger partial charge < -0.3 is 5.32 Å². The van der Waals surface area contributed by atoms with Crippen LogP contribution in [0.15, 0.2) is 18.2 Å². The lowest BCUT2D eigenvalue weighted by Crippen LogP contribution is -2.23. The quantitative estimate of drug-likeness (QED) is 0.897. The fourth-order valence-corrected chi connectivity index (χ4v) is 2.88. The number of benzene rings is 1. The Morgan fingerprint density at radius 2 is 1.95 bits per heavy atom. The molecule has 0 saturated heterocycles. The molecule has 0 atom stereocenters. The zero-order valence-corrected chi connectivity index (χ0v) is 14.3. The van der Waals surface area contributed by atoms with E-state index < -0.39 is 0 Å². The Hall–Kier alpha value is -1.32. The first-order chi connectivity index (χ1) is 9.95. The van der Waals surface area contributed by atoms with Crippen molar-refractivity contribution in [3.8, 4) is 5.69 Å². The van der Waals surface area contributed by atoms with Gasteiger partial charge in [-0.1, -0.05) is 38.4 Å². The minimum absolute atomic E-state index is 0.417. The van der Waals surface area contributed by atoms with Crippen LogP contribution >= 0.6 is 11.6 Å². The van der Waals surface area contributed by atoms with E-state index >= 15 is 0 Å². The summed E-state index contributed by atoms with van der Waals surface area (Å²) in [5.41, 5.74) is 5.77. The Balaban J connectivity index is 2.51. The third-order valence-corrected chi connectivity index (χ3v) is 4.16. The monoisotopic (exact) mass is 305 g/mol. The van der Waals surface area contributed by atoms with Crippen LogP contribution in [0, 0.1) is 13.8 Å². The molecular weight excluding hydrogens is 282 g/mol. The first-order valence-corrected chi connectivity index (χ1v) is 7.89. The summed E-state index contributed by atoms with van der Waals surface area (Å²) < 4.78 is 2.03. The van der Waals surface area contributed by atoms with Crippen molar-refractivity contribution in [3.05, 3.63) is 45.7 Å². The summed E-state index contributed by atoms with van der Waals surface area (Å²) >= 11 is 6.41. The van der Waals surface area contributed by atoms with E-state index in [-0.39, 0.29) is 0 Å². The van der Waals surface area contributed by atoms with Crippen molar-refractivity contribution >= 4 is 11.6 Å². The number of hydrogen-bond donors (Lipinski definition) is 1. The zero-order valence-electron chi connectivity index (χ0n) is 13.5. The van der Waals surface area contributed by atoms with Crippen LogP contribution in [-0.2, 0) is 13.0 Å². The van der Waals surface area contributed by atoms with Gasteiger partial charge in [0.15, 0.2) is 0 Å². The Morgan fingerprint density at radius 1 is 1.24 bits per heavy atom. The van der Waals surface area contributed by atoms with Gasteiger partial charge in [0.2, 0.25) is 0 Å². The summed E-state index contributed by atoms with van der Waals surface area (Å²) in [6.45, 7) is 11.4. The number of hydrogen-bond acceptors (Lipinski definition) is 2. The third kappa shape index (κ3) is 3.30. The van der Waals surface area contributed by atoms with E-state index in [9.17, 15) is 0 Å². The maximum absolute atomic E-state index is 6.41. The standard InChI is InChI=1S/C17H24ClN3/c1-6-14-12(4)20-21(13(14)5)17-9-7-8-16(18)15(17)10-19-11(2)3/h7-9,11,19H,6,10H2,1-5H3. The molecule has 0 aliphatic rings. The Kier molecular flexibility index (Phi) is 5.07. The van der Waals surface area contributed by atoms with E-state index in [0.717, 1.165) is 34.9 Å². The highest BCUT2D eigenvalue weighted by Crippen LogP contribution is 2.26. The van der Waals surface area contributed by atoms with Crippen LogP contribution < -0.4 is 5.32 Å². The van der Waals surface area contributed by atoms with Crippen LogP contribution in [0.5, 0.6) is 0 Å². The highest BCUT2D eigenvalue weighted by molar-refractivity contribution is 6.31. The van der Waals surface area contributed by atoms with Crippen molar-refractivity contribution < 1.29 is 0 Å². The Morgan fingerprint density at radius 3 is 2.52 bits per heavy atom. The van der Waals surface area contributed by atoms with Gasteiger partial charge in [0.05, 0.1) is 11.4 Å². The first kappa shape index (κ1) is 16.1. The SMILES string of the molecule is CCc1c(C)nn(-c2cccc(Cl)c2CNC(C)C)c1C. The predicted molar refractivity (Wildman–Crippen MR) is 89.4 cm³/mol. The lowest BCUT2D eigenvalue weighted by molar-refractivity contribution is 0.586. The van der Waals surface area contributed by atoms with E-state index in [2.05, 4.69) is 46.0 Å². The number of nitrogens with one attached hydrogen (secondary N) is 1. The van der Waals surface area contributed by atoms with Crippen LogP contribution in [0.2, 0.25) is 5.02 Å². The third-order valence-electron chi connectivity index (χ3n) is 3.80. The average Bonchev–Trinajstić information content (AvgIpc) is 2.71. The Labute approximate surface area is 132 Å². The lowest BCUT2D eigenvalue weighted by Gasteiger charge is -2.15. The first-order valence-electron chi connectivity index (χ1n) is 7.51. The molecule has 0 radical (unpaired) electrons. The summed E-state index contributed by atoms with van der Waals surface area (Å²) in [6.07, 6.45) is 0.998. The van der Waals surface area contributed by atoms with Gasteiger partial charge in [0, 0.05) is 28.9 Å². The molecule has 0 amide bonds. The van der Waals surface area contributed by atoms with Gasteiger partial charge in [-0.2, -0.15) is 5.10 Å². The molecule has 4 heteroatoms. The summed E-state index contributed by atoms with van der Waals surface area (Å²) in [5.74, 6) is 0. The number of aryl methyl sites for hydroxylation is 1. The van der Waals surface area contributed by atoms with E-state index in [1.807, 2.05) is 16.8 Å². The van der Waals surface area contributed by atoms with Crippen LogP contribution in [-0.4, -0.2) is 15.8 Å². The highest BCUT2D eigenvalue weighted by atomic mass is 35.5. The number of nitrogens with zero attached hydrogens (tertiary/aromatic N) is 2. The highest BCUT2D eigenvalue weighted by Gasteiger charge is 2.15. The number of aromatic nitrogens is 2. The number of halogens is 1. The molecule has 0 bridgehead atoms. The molecule has 2 aromatic rings. The molecule has 1 aromatic heterocycles. The molecule has 114 valence electrons. The van der Waals surface area contributed by atoms with Crippen LogP contribution in [0.4, 0.5) is 0 Å². The summed E-state index contributed by atoms with van der Waals surface area (Å²) in [5, 5.41) is 8.94. The molecule has 1 aromatic carbocycles. The van der Waals surface area contributed by atoms with Crippen molar-refractivity contribution in [1.29, 1.82) is 0 Å². The second kappa shape index (κ2) is 6.63. The van der Waals surface area contributed by atoms with Gasteiger partial charge in [-0.3, -0.25) is 0 Å². The van der Waals surface area contributed by atoms with Gasteiger partial charge in [-0.05, 0) is 38.0 Å². The molecule has 0 saturated carbocycles. The van der Waals surface area contributed by atoms with E-state index in [4.69, 9.17) is 16.7 Å². The molecule has 0 unspecified atom stereocenters. The van der Waals surface area contributed by atoms with Crippen molar-refractivity contribution in [2.75, 3.05) is 0 Å². The van der Waals surface area contributed by atoms with Gasteiger partial charge >= 0.3 is 0 Å². The van der Waals surface area contributed by atoms with Gasteiger partial charge in [0.25, 0.3) is 0 Å².